The van der Waals surface area contributed by atoms with E-state index in [-0.39, 0.29) is 10.8 Å². The number of rotatable bonds is 4. The van der Waals surface area contributed by atoms with Crippen LogP contribution >= 0.6 is 23.2 Å². The van der Waals surface area contributed by atoms with Crippen molar-refractivity contribution in [2.24, 2.45) is 0 Å². The normalized spacial score (nSPS) is 10.2. The van der Waals surface area contributed by atoms with Crippen LogP contribution < -0.4 is 10.1 Å². The Kier molecular flexibility index (Phi) is 4.76. The summed E-state index contributed by atoms with van der Waals surface area (Å²) in [4.78, 5) is 19.7. The number of anilines is 1. The van der Waals surface area contributed by atoms with E-state index in [1.807, 2.05) is 6.92 Å². The summed E-state index contributed by atoms with van der Waals surface area (Å²) in [7, 11) is 0. The van der Waals surface area contributed by atoms with E-state index < -0.39 is 5.91 Å². The monoisotopic (exact) mass is 311 g/mol. The van der Waals surface area contributed by atoms with E-state index in [4.69, 9.17) is 27.9 Å². The molecule has 2 rings (SSSR count). The first kappa shape index (κ1) is 14.6. The Balaban J connectivity index is 2.22. The van der Waals surface area contributed by atoms with Crippen LogP contribution in [0.4, 0.5) is 5.69 Å². The highest BCUT2D eigenvalue weighted by atomic mass is 35.5. The van der Waals surface area contributed by atoms with Crippen molar-refractivity contribution in [3.8, 4) is 5.75 Å². The van der Waals surface area contributed by atoms with Gasteiger partial charge < -0.3 is 10.1 Å². The van der Waals surface area contributed by atoms with Crippen molar-refractivity contribution in [3.05, 3.63) is 46.5 Å². The van der Waals surface area contributed by atoms with Gasteiger partial charge >= 0.3 is 0 Å². The van der Waals surface area contributed by atoms with Crippen LogP contribution in [-0.2, 0) is 0 Å². The molecular formula is C13H11Cl2N3O2. The number of aromatic nitrogens is 2. The summed E-state index contributed by atoms with van der Waals surface area (Å²) in [5.74, 6) is 0.115. The Morgan fingerprint density at radius 3 is 2.75 bits per heavy atom. The number of halogens is 2. The zero-order valence-corrected chi connectivity index (χ0v) is 12.1. The van der Waals surface area contributed by atoms with Gasteiger partial charge in [0.2, 0.25) is 0 Å². The SMILES string of the molecule is CCOc1ccc(Cl)cc1NC(=O)c1cnc(Cl)cn1. The van der Waals surface area contributed by atoms with Crippen molar-refractivity contribution in [3.63, 3.8) is 0 Å². The maximum atomic E-state index is 12.0. The molecule has 0 saturated carbocycles. The van der Waals surface area contributed by atoms with E-state index in [0.717, 1.165) is 0 Å². The van der Waals surface area contributed by atoms with E-state index in [1.165, 1.54) is 12.4 Å². The summed E-state index contributed by atoms with van der Waals surface area (Å²) in [5, 5.41) is 3.39. The van der Waals surface area contributed by atoms with Crippen molar-refractivity contribution in [1.29, 1.82) is 0 Å². The van der Waals surface area contributed by atoms with Gasteiger partial charge in [0.15, 0.2) is 0 Å². The maximum Gasteiger partial charge on any atom is 0.275 e. The molecule has 1 aromatic heterocycles. The number of hydrogen-bond donors (Lipinski definition) is 1. The van der Waals surface area contributed by atoms with Crippen LogP contribution in [0.15, 0.2) is 30.6 Å². The second-order valence-electron chi connectivity index (χ2n) is 3.75. The van der Waals surface area contributed by atoms with Gasteiger partial charge in [-0.1, -0.05) is 23.2 Å². The predicted octanol–water partition coefficient (Wildman–Crippen LogP) is 3.43. The van der Waals surface area contributed by atoms with Crippen LogP contribution in [0, 0.1) is 0 Å². The number of ether oxygens (including phenoxy) is 1. The lowest BCUT2D eigenvalue weighted by Crippen LogP contribution is -2.14. The van der Waals surface area contributed by atoms with Crippen LogP contribution in [0.1, 0.15) is 17.4 Å². The molecule has 0 unspecified atom stereocenters. The zero-order chi connectivity index (χ0) is 14.5. The fraction of sp³-hybridized carbons (Fsp3) is 0.154. The highest BCUT2D eigenvalue weighted by molar-refractivity contribution is 6.31. The van der Waals surface area contributed by atoms with Crippen LogP contribution in [0.5, 0.6) is 5.75 Å². The van der Waals surface area contributed by atoms with Gasteiger partial charge in [-0.05, 0) is 25.1 Å². The Labute approximate surface area is 125 Å². The predicted molar refractivity (Wildman–Crippen MR) is 77.6 cm³/mol. The Hall–Kier alpha value is -1.85. The largest absolute Gasteiger partial charge is 0.492 e. The molecule has 0 spiro atoms. The van der Waals surface area contributed by atoms with Gasteiger partial charge in [-0.2, -0.15) is 0 Å². The molecule has 1 amide bonds. The lowest BCUT2D eigenvalue weighted by Gasteiger charge is -2.11. The molecule has 1 N–H and O–H groups in total. The molecule has 0 saturated heterocycles. The van der Waals surface area contributed by atoms with E-state index in [1.54, 1.807) is 18.2 Å². The lowest BCUT2D eigenvalue weighted by atomic mass is 10.2. The third-order valence-electron chi connectivity index (χ3n) is 2.34. The summed E-state index contributed by atoms with van der Waals surface area (Å²) in [6, 6.07) is 4.98. The zero-order valence-electron chi connectivity index (χ0n) is 10.6. The minimum Gasteiger partial charge on any atom is -0.492 e. The maximum absolute atomic E-state index is 12.0. The van der Waals surface area contributed by atoms with Gasteiger partial charge in [-0.3, -0.25) is 4.79 Å². The topological polar surface area (TPSA) is 64.1 Å². The molecular weight excluding hydrogens is 301 g/mol. The van der Waals surface area contributed by atoms with Crippen LogP contribution in [0.25, 0.3) is 0 Å². The second kappa shape index (κ2) is 6.54. The summed E-state index contributed by atoms with van der Waals surface area (Å²) in [5.41, 5.74) is 0.623. The minimum absolute atomic E-state index is 0.150. The molecule has 5 nitrogen and oxygen atoms in total. The molecule has 1 aromatic carbocycles. The van der Waals surface area contributed by atoms with Gasteiger partial charge in [-0.15, -0.1) is 0 Å². The molecule has 2 aromatic rings. The van der Waals surface area contributed by atoms with E-state index in [2.05, 4.69) is 15.3 Å². The fourth-order valence-corrected chi connectivity index (χ4v) is 1.77. The molecule has 104 valence electrons. The standard InChI is InChI=1S/C13H11Cl2N3O2/c1-2-20-11-4-3-8(14)5-9(11)18-13(19)10-6-17-12(15)7-16-10/h3-7H,2H2,1H3,(H,18,19). The number of amides is 1. The Bertz CT molecular complexity index is 618. The average Bonchev–Trinajstić information content (AvgIpc) is 2.42. The number of nitrogens with zero attached hydrogens (tertiary/aromatic N) is 2. The molecule has 0 aliphatic heterocycles. The molecule has 0 aliphatic rings. The number of hydrogen-bond acceptors (Lipinski definition) is 4. The first-order chi connectivity index (χ1) is 9.60. The third kappa shape index (κ3) is 3.59. The lowest BCUT2D eigenvalue weighted by molar-refractivity contribution is 0.102. The molecule has 0 radical (unpaired) electrons. The van der Waals surface area contributed by atoms with E-state index in [0.29, 0.717) is 23.1 Å². The Morgan fingerprint density at radius 1 is 1.30 bits per heavy atom. The van der Waals surface area contributed by atoms with Crippen molar-refractivity contribution in [1.82, 2.24) is 9.97 Å². The van der Waals surface area contributed by atoms with E-state index in [9.17, 15) is 4.79 Å². The molecule has 0 bridgehead atoms. The first-order valence-electron chi connectivity index (χ1n) is 5.81. The molecule has 0 atom stereocenters. The highest BCUT2D eigenvalue weighted by Gasteiger charge is 2.12. The van der Waals surface area contributed by atoms with Gasteiger partial charge in [-0.25, -0.2) is 9.97 Å². The van der Waals surface area contributed by atoms with Crippen LogP contribution in [-0.4, -0.2) is 22.5 Å². The minimum atomic E-state index is -0.419. The van der Waals surface area contributed by atoms with Gasteiger partial charge in [0.1, 0.15) is 16.6 Å². The van der Waals surface area contributed by atoms with E-state index >= 15 is 0 Å². The highest BCUT2D eigenvalue weighted by Crippen LogP contribution is 2.28. The van der Waals surface area contributed by atoms with Crippen molar-refractivity contribution < 1.29 is 9.53 Å². The second-order valence-corrected chi connectivity index (χ2v) is 4.58. The van der Waals surface area contributed by atoms with Gasteiger partial charge in [0.25, 0.3) is 5.91 Å². The summed E-state index contributed by atoms with van der Waals surface area (Å²) >= 11 is 11.5. The molecule has 1 heterocycles. The van der Waals surface area contributed by atoms with Crippen LogP contribution in [0.2, 0.25) is 10.2 Å². The number of benzene rings is 1. The third-order valence-corrected chi connectivity index (χ3v) is 2.77. The molecule has 7 heteroatoms. The van der Waals surface area contributed by atoms with Crippen molar-refractivity contribution >= 4 is 34.8 Å². The quantitative estimate of drug-likeness (QED) is 0.939. The van der Waals surface area contributed by atoms with Crippen LogP contribution in [0.3, 0.4) is 0 Å². The summed E-state index contributed by atoms with van der Waals surface area (Å²) in [6.07, 6.45) is 2.60. The number of carbonyl (C=O) groups is 1. The Morgan fingerprint density at radius 2 is 2.10 bits per heavy atom. The molecule has 0 aliphatic carbocycles. The fourth-order valence-electron chi connectivity index (χ4n) is 1.50. The summed E-state index contributed by atoms with van der Waals surface area (Å²) < 4.78 is 5.42. The van der Waals surface area contributed by atoms with Crippen molar-refractivity contribution in [2.75, 3.05) is 11.9 Å². The number of carbonyl (C=O) groups excluding carboxylic acids is 1. The molecule has 20 heavy (non-hydrogen) atoms. The summed E-state index contributed by atoms with van der Waals surface area (Å²) in [6.45, 7) is 2.33. The van der Waals surface area contributed by atoms with Gasteiger partial charge in [0, 0.05) is 5.02 Å². The first-order valence-corrected chi connectivity index (χ1v) is 6.57. The van der Waals surface area contributed by atoms with Crippen molar-refractivity contribution in [2.45, 2.75) is 6.92 Å². The average molecular weight is 312 g/mol. The van der Waals surface area contributed by atoms with Gasteiger partial charge in [0.05, 0.1) is 24.7 Å². The molecule has 0 fully saturated rings. The smallest absolute Gasteiger partial charge is 0.275 e. The number of nitrogens with one attached hydrogen (secondary N) is 1.